The van der Waals surface area contributed by atoms with Gasteiger partial charge in [0.2, 0.25) is 0 Å². The molecule has 1 N–H and O–H groups in total. The third-order valence-electron chi connectivity index (χ3n) is 4.27. The van der Waals surface area contributed by atoms with E-state index < -0.39 is 4.92 Å². The summed E-state index contributed by atoms with van der Waals surface area (Å²) in [5.41, 5.74) is 2.02. The minimum absolute atomic E-state index is 0.00604. The lowest BCUT2D eigenvalue weighted by Crippen LogP contribution is -2.19. The average Bonchev–Trinajstić information content (AvgIpc) is 3.30. The standard InChI is InChI=1S/C21H14ClN3O4S/c1-12-9-15(25(27)28)5-7-17(12)23-21-24-20(26)19(30-21)11-16-6-8-18(29-16)13-3-2-4-14(22)10-13/h2-11H,1H3,(H,23,24,26)/b19-11+. The largest absolute Gasteiger partial charge is 0.457 e. The van der Waals surface area contributed by atoms with Gasteiger partial charge in [-0.15, -0.1) is 0 Å². The fourth-order valence-corrected chi connectivity index (χ4v) is 3.83. The van der Waals surface area contributed by atoms with Crippen LogP contribution in [-0.2, 0) is 4.79 Å². The van der Waals surface area contributed by atoms with Crippen molar-refractivity contribution in [1.82, 2.24) is 5.32 Å². The number of hydrogen-bond donors (Lipinski definition) is 1. The molecule has 1 aromatic heterocycles. The fraction of sp³-hybridized carbons (Fsp3) is 0.0476. The van der Waals surface area contributed by atoms with E-state index in [0.29, 0.717) is 37.9 Å². The number of furan rings is 1. The summed E-state index contributed by atoms with van der Waals surface area (Å²) in [6, 6.07) is 15.3. The second-order valence-electron chi connectivity index (χ2n) is 6.42. The average molecular weight is 440 g/mol. The van der Waals surface area contributed by atoms with Crippen LogP contribution in [0, 0.1) is 17.0 Å². The lowest BCUT2D eigenvalue weighted by atomic mass is 10.2. The Hall–Kier alpha value is -3.36. The number of nitrogens with one attached hydrogen (secondary N) is 1. The molecule has 0 radical (unpaired) electrons. The quantitative estimate of drug-likeness (QED) is 0.319. The van der Waals surface area contributed by atoms with Crippen molar-refractivity contribution in [2.45, 2.75) is 6.92 Å². The summed E-state index contributed by atoms with van der Waals surface area (Å²) in [5.74, 6) is 0.873. The molecule has 9 heteroatoms. The highest BCUT2D eigenvalue weighted by Crippen LogP contribution is 2.32. The maximum atomic E-state index is 12.3. The highest BCUT2D eigenvalue weighted by Gasteiger charge is 2.24. The van der Waals surface area contributed by atoms with Gasteiger partial charge in [0.25, 0.3) is 11.6 Å². The predicted octanol–water partition coefficient (Wildman–Crippen LogP) is 5.71. The van der Waals surface area contributed by atoms with Crippen LogP contribution in [0.5, 0.6) is 0 Å². The molecule has 0 bridgehead atoms. The minimum atomic E-state index is -0.460. The van der Waals surface area contributed by atoms with E-state index in [1.54, 1.807) is 37.3 Å². The van der Waals surface area contributed by atoms with E-state index in [1.165, 1.54) is 23.9 Å². The molecule has 1 saturated heterocycles. The highest BCUT2D eigenvalue weighted by molar-refractivity contribution is 8.18. The first-order chi connectivity index (χ1) is 14.4. The Morgan fingerprint density at radius 1 is 1.20 bits per heavy atom. The number of aryl methyl sites for hydroxylation is 1. The van der Waals surface area contributed by atoms with Gasteiger partial charge in [0.1, 0.15) is 11.5 Å². The Labute approximate surface area is 180 Å². The number of hydrogen-bond acceptors (Lipinski definition) is 6. The number of non-ortho nitro benzene ring substituents is 1. The van der Waals surface area contributed by atoms with Crippen LogP contribution in [0.3, 0.4) is 0 Å². The Kier molecular flexibility index (Phi) is 5.43. The number of nitro benzene ring substituents is 1. The van der Waals surface area contributed by atoms with Gasteiger partial charge in [-0.2, -0.15) is 0 Å². The van der Waals surface area contributed by atoms with Crippen LogP contribution >= 0.6 is 23.4 Å². The van der Waals surface area contributed by atoms with Gasteiger partial charge in [0.05, 0.1) is 15.5 Å². The summed E-state index contributed by atoms with van der Waals surface area (Å²) >= 11 is 7.19. The first kappa shape index (κ1) is 19.9. The molecule has 2 aromatic carbocycles. The normalized spacial score (nSPS) is 16.3. The Balaban J connectivity index is 1.55. The van der Waals surface area contributed by atoms with Crippen molar-refractivity contribution < 1.29 is 14.1 Å². The molecule has 0 atom stereocenters. The molecule has 1 aliphatic rings. The third-order valence-corrected chi connectivity index (χ3v) is 5.42. The number of nitrogens with zero attached hydrogens (tertiary/aromatic N) is 2. The summed E-state index contributed by atoms with van der Waals surface area (Å²) in [4.78, 5) is 27.5. The second kappa shape index (κ2) is 8.17. The summed E-state index contributed by atoms with van der Waals surface area (Å²) in [5, 5.41) is 14.6. The SMILES string of the molecule is Cc1cc([N+](=O)[O-])ccc1N=C1NC(=O)/C(=C\c2ccc(-c3cccc(Cl)c3)o2)S1. The van der Waals surface area contributed by atoms with Crippen LogP contribution in [0.4, 0.5) is 11.4 Å². The summed E-state index contributed by atoms with van der Waals surface area (Å²) < 4.78 is 5.81. The van der Waals surface area contributed by atoms with Gasteiger partial charge in [-0.3, -0.25) is 14.9 Å². The van der Waals surface area contributed by atoms with Gasteiger partial charge in [-0.1, -0.05) is 23.7 Å². The lowest BCUT2D eigenvalue weighted by molar-refractivity contribution is -0.384. The number of carbonyl (C=O) groups is 1. The van der Waals surface area contributed by atoms with E-state index >= 15 is 0 Å². The third kappa shape index (κ3) is 4.29. The van der Waals surface area contributed by atoms with Gasteiger partial charge in [0, 0.05) is 28.8 Å². The zero-order chi connectivity index (χ0) is 21.3. The van der Waals surface area contributed by atoms with Crippen molar-refractivity contribution in [3.8, 4) is 11.3 Å². The van der Waals surface area contributed by atoms with Crippen molar-refractivity contribution in [3.05, 3.63) is 86.0 Å². The smallest absolute Gasteiger partial charge is 0.269 e. The molecule has 0 spiro atoms. The van der Waals surface area contributed by atoms with Crippen molar-refractivity contribution >= 4 is 51.9 Å². The summed E-state index contributed by atoms with van der Waals surface area (Å²) in [7, 11) is 0. The Morgan fingerprint density at radius 3 is 2.77 bits per heavy atom. The van der Waals surface area contributed by atoms with E-state index in [9.17, 15) is 14.9 Å². The second-order valence-corrected chi connectivity index (χ2v) is 7.89. The lowest BCUT2D eigenvalue weighted by Gasteiger charge is -2.01. The van der Waals surface area contributed by atoms with Crippen LogP contribution in [0.2, 0.25) is 5.02 Å². The molecular formula is C21H14ClN3O4S. The van der Waals surface area contributed by atoms with Crippen molar-refractivity contribution in [2.75, 3.05) is 0 Å². The molecule has 150 valence electrons. The molecule has 7 nitrogen and oxygen atoms in total. The van der Waals surface area contributed by atoms with Crippen LogP contribution in [-0.4, -0.2) is 16.0 Å². The van der Waals surface area contributed by atoms with Crippen molar-refractivity contribution in [2.24, 2.45) is 4.99 Å². The van der Waals surface area contributed by atoms with E-state index in [4.69, 9.17) is 16.0 Å². The molecule has 4 rings (SSSR count). The first-order valence-corrected chi connectivity index (χ1v) is 9.99. The number of rotatable bonds is 4. The monoisotopic (exact) mass is 439 g/mol. The molecule has 1 aliphatic heterocycles. The molecular weight excluding hydrogens is 426 g/mol. The Bertz CT molecular complexity index is 1230. The Morgan fingerprint density at radius 2 is 2.03 bits per heavy atom. The maximum absolute atomic E-state index is 12.3. The minimum Gasteiger partial charge on any atom is -0.457 e. The number of aliphatic imine (C=N–C) groups is 1. The van der Waals surface area contributed by atoms with Crippen molar-refractivity contribution in [1.29, 1.82) is 0 Å². The number of nitro groups is 1. The fourth-order valence-electron chi connectivity index (χ4n) is 2.83. The number of amidine groups is 1. The van der Waals surface area contributed by atoms with Gasteiger partial charge < -0.3 is 9.73 Å². The molecule has 1 fully saturated rings. The van der Waals surface area contributed by atoms with E-state index in [-0.39, 0.29) is 11.6 Å². The van der Waals surface area contributed by atoms with Gasteiger partial charge in [0.15, 0.2) is 5.17 Å². The van der Waals surface area contributed by atoms with Crippen LogP contribution in [0.15, 0.2) is 68.9 Å². The van der Waals surface area contributed by atoms with E-state index in [1.807, 2.05) is 18.2 Å². The molecule has 0 unspecified atom stereocenters. The van der Waals surface area contributed by atoms with Crippen LogP contribution in [0.25, 0.3) is 17.4 Å². The van der Waals surface area contributed by atoms with Gasteiger partial charge in [-0.05, 0) is 54.6 Å². The molecule has 3 aromatic rings. The van der Waals surface area contributed by atoms with E-state index in [2.05, 4.69) is 10.3 Å². The number of carbonyl (C=O) groups excluding carboxylic acids is 1. The summed E-state index contributed by atoms with van der Waals surface area (Å²) in [6.45, 7) is 1.73. The predicted molar refractivity (Wildman–Crippen MR) is 118 cm³/mol. The molecule has 0 aliphatic carbocycles. The topological polar surface area (TPSA) is 97.7 Å². The van der Waals surface area contributed by atoms with Gasteiger partial charge >= 0.3 is 0 Å². The number of benzene rings is 2. The highest BCUT2D eigenvalue weighted by atomic mass is 35.5. The first-order valence-electron chi connectivity index (χ1n) is 8.79. The number of halogens is 1. The van der Waals surface area contributed by atoms with E-state index in [0.717, 1.165) is 5.56 Å². The van der Waals surface area contributed by atoms with Crippen molar-refractivity contribution in [3.63, 3.8) is 0 Å². The molecule has 0 saturated carbocycles. The maximum Gasteiger partial charge on any atom is 0.269 e. The zero-order valence-electron chi connectivity index (χ0n) is 15.6. The number of amides is 1. The van der Waals surface area contributed by atoms with Crippen LogP contribution in [0.1, 0.15) is 11.3 Å². The summed E-state index contributed by atoms with van der Waals surface area (Å²) in [6.07, 6.45) is 1.64. The molecule has 30 heavy (non-hydrogen) atoms. The van der Waals surface area contributed by atoms with Crippen LogP contribution < -0.4 is 5.32 Å². The van der Waals surface area contributed by atoms with Gasteiger partial charge in [-0.25, -0.2) is 4.99 Å². The molecule has 2 heterocycles. The zero-order valence-corrected chi connectivity index (χ0v) is 17.2. The molecule has 1 amide bonds. The number of thioether (sulfide) groups is 1.